The van der Waals surface area contributed by atoms with Crippen LogP contribution in [0.15, 0.2) is 79.1 Å². The standard InChI is InChI=1S/C21H28N2O2.C5H5N.C4H4O4/c1-15(2)18-7-9-19(10-8-18)25-21-20(11-6-16(3)23-21)24-14-17-5-4-12-22-13-17;1-2-4-6-5-3-1;5-3(6)1-2-4(7)8/h6-11,15,17,22H,4-5,12-14H2,1-3H3;1-5H;1-2H,(H,5,6)(H,7,8)/t17-;;/m0../s1. The van der Waals surface area contributed by atoms with Crippen LogP contribution in [-0.4, -0.2) is 51.8 Å². The van der Waals surface area contributed by atoms with Gasteiger partial charge in [-0.25, -0.2) is 14.6 Å². The number of aromatic nitrogens is 2. The Kier molecular flexibility index (Phi) is 13.7. The zero-order valence-corrected chi connectivity index (χ0v) is 22.6. The lowest BCUT2D eigenvalue weighted by Gasteiger charge is -2.23. The van der Waals surface area contributed by atoms with Crippen LogP contribution >= 0.6 is 0 Å². The number of rotatable bonds is 8. The van der Waals surface area contributed by atoms with Crippen molar-refractivity contribution in [3.8, 4) is 17.4 Å². The number of hydrogen-bond donors (Lipinski definition) is 3. The average Bonchev–Trinajstić information content (AvgIpc) is 2.94. The van der Waals surface area contributed by atoms with Crippen LogP contribution in [0.2, 0.25) is 0 Å². The first-order valence-electron chi connectivity index (χ1n) is 12.8. The van der Waals surface area contributed by atoms with E-state index < -0.39 is 11.9 Å². The third kappa shape index (κ3) is 13.2. The van der Waals surface area contributed by atoms with E-state index in [-0.39, 0.29) is 0 Å². The van der Waals surface area contributed by atoms with Crippen molar-refractivity contribution in [2.75, 3.05) is 19.7 Å². The lowest BCUT2D eigenvalue weighted by Crippen LogP contribution is -2.33. The van der Waals surface area contributed by atoms with Crippen LogP contribution in [-0.2, 0) is 9.59 Å². The van der Waals surface area contributed by atoms with Crippen molar-refractivity contribution in [3.05, 3.63) is 90.4 Å². The molecule has 4 rings (SSSR count). The van der Waals surface area contributed by atoms with E-state index in [4.69, 9.17) is 19.7 Å². The van der Waals surface area contributed by atoms with Crippen LogP contribution in [0.5, 0.6) is 17.4 Å². The maximum absolute atomic E-state index is 9.55. The minimum Gasteiger partial charge on any atom is -0.488 e. The van der Waals surface area contributed by atoms with Gasteiger partial charge in [-0.1, -0.05) is 32.0 Å². The maximum Gasteiger partial charge on any atom is 0.328 e. The van der Waals surface area contributed by atoms with Gasteiger partial charge in [0.1, 0.15) is 5.75 Å². The van der Waals surface area contributed by atoms with Gasteiger partial charge in [-0.2, -0.15) is 0 Å². The van der Waals surface area contributed by atoms with Gasteiger partial charge in [0.15, 0.2) is 5.75 Å². The molecule has 2 aromatic heterocycles. The molecule has 208 valence electrons. The molecule has 1 fully saturated rings. The van der Waals surface area contributed by atoms with Crippen LogP contribution in [0, 0.1) is 12.8 Å². The van der Waals surface area contributed by atoms with Crippen molar-refractivity contribution >= 4 is 11.9 Å². The summed E-state index contributed by atoms with van der Waals surface area (Å²) in [5.41, 5.74) is 2.21. The minimum atomic E-state index is -1.26. The Hall–Kier alpha value is -4.24. The highest BCUT2D eigenvalue weighted by molar-refractivity contribution is 5.89. The molecule has 9 nitrogen and oxygen atoms in total. The molecule has 0 amide bonds. The molecule has 3 heterocycles. The molecule has 1 saturated heterocycles. The van der Waals surface area contributed by atoms with E-state index in [9.17, 15) is 9.59 Å². The molecule has 0 aliphatic carbocycles. The van der Waals surface area contributed by atoms with E-state index in [1.54, 1.807) is 12.4 Å². The molecule has 0 spiro atoms. The number of piperidine rings is 1. The number of nitrogens with one attached hydrogen (secondary N) is 1. The Morgan fingerprint density at radius 1 is 1.03 bits per heavy atom. The quantitative estimate of drug-likeness (QED) is 0.321. The monoisotopic (exact) mass is 535 g/mol. The van der Waals surface area contributed by atoms with Crippen molar-refractivity contribution in [2.24, 2.45) is 5.92 Å². The number of carbonyl (C=O) groups is 2. The largest absolute Gasteiger partial charge is 0.488 e. The normalized spacial score (nSPS) is 14.4. The van der Waals surface area contributed by atoms with Gasteiger partial charge in [-0.05, 0) is 74.2 Å². The Morgan fingerprint density at radius 2 is 1.69 bits per heavy atom. The molecular formula is C30H37N3O6. The summed E-state index contributed by atoms with van der Waals surface area (Å²) in [7, 11) is 0. The van der Waals surface area contributed by atoms with Gasteiger partial charge in [-0.15, -0.1) is 0 Å². The van der Waals surface area contributed by atoms with E-state index in [0.29, 0.717) is 42.2 Å². The third-order valence-corrected chi connectivity index (χ3v) is 5.53. The Balaban J connectivity index is 0.000000311. The second-order valence-electron chi connectivity index (χ2n) is 9.14. The number of nitrogens with zero attached hydrogens (tertiary/aromatic N) is 2. The van der Waals surface area contributed by atoms with Gasteiger partial charge >= 0.3 is 11.9 Å². The van der Waals surface area contributed by atoms with E-state index in [1.165, 1.54) is 18.4 Å². The number of hydrogen-bond acceptors (Lipinski definition) is 7. The van der Waals surface area contributed by atoms with Crippen LogP contribution in [0.4, 0.5) is 0 Å². The summed E-state index contributed by atoms with van der Waals surface area (Å²) in [5.74, 6) is 0.582. The fourth-order valence-electron chi connectivity index (χ4n) is 3.46. The highest BCUT2D eigenvalue weighted by Crippen LogP contribution is 2.31. The number of pyridine rings is 2. The zero-order chi connectivity index (χ0) is 28.5. The molecule has 39 heavy (non-hydrogen) atoms. The van der Waals surface area contributed by atoms with Crippen molar-refractivity contribution in [1.29, 1.82) is 0 Å². The smallest absolute Gasteiger partial charge is 0.328 e. The SMILES string of the molecule is Cc1ccc(OC[C@H]2CCCNC2)c(Oc2ccc(C(C)C)cc2)n1.O=C(O)C=CC(=O)O.c1ccncc1. The summed E-state index contributed by atoms with van der Waals surface area (Å²) in [5, 5.41) is 19.0. The number of benzene rings is 1. The molecule has 1 aromatic carbocycles. The van der Waals surface area contributed by atoms with Gasteiger partial charge < -0.3 is 25.0 Å². The van der Waals surface area contributed by atoms with Crippen molar-refractivity contribution in [3.63, 3.8) is 0 Å². The molecule has 0 radical (unpaired) electrons. The highest BCUT2D eigenvalue weighted by Gasteiger charge is 2.16. The van der Waals surface area contributed by atoms with E-state index >= 15 is 0 Å². The Labute approximate surface area is 229 Å². The minimum absolute atomic E-state index is 0.508. The van der Waals surface area contributed by atoms with Gasteiger partial charge in [0.25, 0.3) is 5.88 Å². The van der Waals surface area contributed by atoms with E-state index in [2.05, 4.69) is 41.3 Å². The number of carboxylic acids is 2. The highest BCUT2D eigenvalue weighted by atomic mass is 16.5. The summed E-state index contributed by atoms with van der Waals surface area (Å²) in [6.07, 6.45) is 7.04. The van der Waals surface area contributed by atoms with E-state index in [1.807, 2.05) is 49.4 Å². The number of aliphatic carboxylic acids is 2. The first-order chi connectivity index (χ1) is 18.7. The predicted octanol–water partition coefficient (Wildman–Crippen LogP) is 5.48. The van der Waals surface area contributed by atoms with Crippen molar-refractivity contribution in [2.45, 2.75) is 39.5 Å². The first-order valence-corrected chi connectivity index (χ1v) is 12.8. The van der Waals surface area contributed by atoms with Gasteiger partial charge in [0, 0.05) is 42.7 Å². The third-order valence-electron chi connectivity index (χ3n) is 5.53. The molecule has 1 atom stereocenters. The Bertz CT molecular complexity index is 1120. The number of ether oxygens (including phenoxy) is 2. The van der Waals surface area contributed by atoms with Crippen molar-refractivity contribution < 1.29 is 29.3 Å². The molecule has 1 aliphatic heterocycles. The summed E-state index contributed by atoms with van der Waals surface area (Å²) in [4.78, 5) is 27.4. The van der Waals surface area contributed by atoms with Crippen LogP contribution in [0.3, 0.4) is 0 Å². The van der Waals surface area contributed by atoms with Crippen molar-refractivity contribution in [1.82, 2.24) is 15.3 Å². The molecule has 3 N–H and O–H groups in total. The van der Waals surface area contributed by atoms with E-state index in [0.717, 1.165) is 24.5 Å². The molecule has 0 saturated carbocycles. The topological polar surface area (TPSA) is 131 Å². The number of carboxylic acid groups (broad SMARTS) is 2. The average molecular weight is 536 g/mol. The first kappa shape index (κ1) is 31.0. The van der Waals surface area contributed by atoms with Gasteiger partial charge in [0.05, 0.1) is 6.61 Å². The molecule has 0 unspecified atom stereocenters. The lowest BCUT2D eigenvalue weighted by atomic mass is 10.0. The summed E-state index contributed by atoms with van der Waals surface area (Å²) < 4.78 is 12.1. The second-order valence-corrected chi connectivity index (χ2v) is 9.14. The lowest BCUT2D eigenvalue weighted by molar-refractivity contribution is -0.134. The molecule has 9 heteroatoms. The summed E-state index contributed by atoms with van der Waals surface area (Å²) >= 11 is 0. The zero-order valence-electron chi connectivity index (χ0n) is 22.6. The van der Waals surface area contributed by atoms with Crippen LogP contribution < -0.4 is 14.8 Å². The maximum atomic E-state index is 9.55. The predicted molar refractivity (Wildman–Crippen MR) is 149 cm³/mol. The molecular weight excluding hydrogens is 498 g/mol. The van der Waals surface area contributed by atoms with Gasteiger partial charge in [-0.3, -0.25) is 4.98 Å². The fraction of sp³-hybridized carbons (Fsp3) is 0.333. The van der Waals surface area contributed by atoms with Crippen LogP contribution in [0.1, 0.15) is 43.9 Å². The summed E-state index contributed by atoms with van der Waals surface area (Å²) in [6.45, 7) is 9.16. The second kappa shape index (κ2) is 17.3. The Morgan fingerprint density at radius 3 is 2.18 bits per heavy atom. The molecule has 3 aromatic rings. The number of aryl methyl sites for hydroxylation is 1. The molecule has 0 bridgehead atoms. The summed E-state index contributed by atoms with van der Waals surface area (Å²) in [6, 6.07) is 17.8. The van der Waals surface area contributed by atoms with Gasteiger partial charge in [0.2, 0.25) is 0 Å². The fourth-order valence-corrected chi connectivity index (χ4v) is 3.46. The molecule has 1 aliphatic rings. The van der Waals surface area contributed by atoms with Crippen LogP contribution in [0.25, 0.3) is 0 Å².